The third-order valence-corrected chi connectivity index (χ3v) is 5.33. The summed E-state index contributed by atoms with van der Waals surface area (Å²) in [5, 5.41) is 3.45. The van der Waals surface area contributed by atoms with Crippen LogP contribution in [0.3, 0.4) is 0 Å². The Hall–Kier alpha value is -1.35. The van der Waals surface area contributed by atoms with Gasteiger partial charge in [0.05, 0.1) is 6.04 Å². The van der Waals surface area contributed by atoms with Crippen molar-refractivity contribution in [3.05, 3.63) is 35.9 Å². The number of rotatable bonds is 6. The molecule has 1 aliphatic heterocycles. The van der Waals surface area contributed by atoms with E-state index in [0.29, 0.717) is 24.3 Å². The van der Waals surface area contributed by atoms with E-state index >= 15 is 0 Å². The highest BCUT2D eigenvalue weighted by molar-refractivity contribution is 5.77. The molecule has 1 aromatic rings. The van der Waals surface area contributed by atoms with E-state index in [-0.39, 0.29) is 6.04 Å². The van der Waals surface area contributed by atoms with Gasteiger partial charge in [0.2, 0.25) is 5.91 Å². The summed E-state index contributed by atoms with van der Waals surface area (Å²) >= 11 is 0. The fraction of sp³-hybridized carbons (Fsp3) is 0.632. The fourth-order valence-corrected chi connectivity index (χ4v) is 3.60. The molecular formula is C19H28N2O. The van der Waals surface area contributed by atoms with E-state index in [0.717, 1.165) is 19.5 Å². The largest absolute Gasteiger partial charge is 0.336 e. The molecule has 0 aromatic heterocycles. The van der Waals surface area contributed by atoms with E-state index in [2.05, 4.69) is 41.4 Å². The van der Waals surface area contributed by atoms with Gasteiger partial charge in [-0.1, -0.05) is 36.8 Å². The molecule has 0 bridgehead atoms. The maximum atomic E-state index is 12.9. The number of carbonyl (C=O) groups excluding carboxylic acids is 1. The number of amides is 1. The van der Waals surface area contributed by atoms with Gasteiger partial charge >= 0.3 is 0 Å². The Kier molecular flexibility index (Phi) is 5.14. The average Bonchev–Trinajstić information content (AvgIpc) is 2.99. The number of carbonyl (C=O) groups is 1. The molecule has 0 radical (unpaired) electrons. The third kappa shape index (κ3) is 3.70. The average molecular weight is 300 g/mol. The Balaban J connectivity index is 1.68. The number of nitrogens with zero attached hydrogens (tertiary/aromatic N) is 1. The molecule has 2 unspecified atom stereocenters. The quantitative estimate of drug-likeness (QED) is 0.872. The second-order valence-electron chi connectivity index (χ2n) is 6.93. The third-order valence-electron chi connectivity index (χ3n) is 5.33. The van der Waals surface area contributed by atoms with Gasteiger partial charge in [0.1, 0.15) is 0 Å². The van der Waals surface area contributed by atoms with E-state index in [1.165, 1.54) is 31.2 Å². The van der Waals surface area contributed by atoms with Crippen LogP contribution in [0.15, 0.2) is 30.3 Å². The van der Waals surface area contributed by atoms with Crippen molar-refractivity contribution in [2.24, 2.45) is 5.92 Å². The highest BCUT2D eigenvalue weighted by Gasteiger charge is 2.29. The fourth-order valence-electron chi connectivity index (χ4n) is 3.60. The number of benzene rings is 1. The summed E-state index contributed by atoms with van der Waals surface area (Å²) in [6.07, 6.45) is 6.90. The lowest BCUT2D eigenvalue weighted by Gasteiger charge is -2.37. The molecule has 1 amide bonds. The van der Waals surface area contributed by atoms with E-state index in [9.17, 15) is 4.79 Å². The monoisotopic (exact) mass is 300 g/mol. The smallest absolute Gasteiger partial charge is 0.224 e. The molecule has 1 N–H and O–H groups in total. The van der Waals surface area contributed by atoms with Crippen molar-refractivity contribution in [3.63, 3.8) is 0 Å². The molecule has 3 heteroatoms. The van der Waals surface area contributed by atoms with Crippen molar-refractivity contribution in [2.45, 2.75) is 57.5 Å². The second kappa shape index (κ2) is 7.28. The number of hydrogen-bond donors (Lipinski definition) is 1. The van der Waals surface area contributed by atoms with E-state index in [4.69, 9.17) is 0 Å². The molecule has 1 heterocycles. The molecule has 1 aromatic carbocycles. The lowest BCUT2D eigenvalue weighted by atomic mass is 9.84. The number of hydrogen-bond acceptors (Lipinski definition) is 2. The van der Waals surface area contributed by atoms with E-state index in [1.807, 2.05) is 6.07 Å². The van der Waals surface area contributed by atoms with Crippen molar-refractivity contribution in [3.8, 4) is 0 Å². The van der Waals surface area contributed by atoms with Crippen molar-refractivity contribution in [1.29, 1.82) is 0 Å². The van der Waals surface area contributed by atoms with Crippen molar-refractivity contribution >= 4 is 5.91 Å². The Morgan fingerprint density at radius 1 is 1.23 bits per heavy atom. The molecule has 120 valence electrons. The van der Waals surface area contributed by atoms with Crippen molar-refractivity contribution in [2.75, 3.05) is 13.1 Å². The molecule has 0 spiro atoms. The highest BCUT2D eigenvalue weighted by Crippen LogP contribution is 2.31. The van der Waals surface area contributed by atoms with Crippen LogP contribution < -0.4 is 5.32 Å². The van der Waals surface area contributed by atoms with E-state index in [1.54, 1.807) is 0 Å². The van der Waals surface area contributed by atoms with Crippen molar-refractivity contribution in [1.82, 2.24) is 10.2 Å². The van der Waals surface area contributed by atoms with Gasteiger partial charge in [-0.2, -0.15) is 0 Å². The predicted octanol–water partition coefficient (Wildman–Crippen LogP) is 3.52. The molecule has 2 aliphatic rings. The lowest BCUT2D eigenvalue weighted by Crippen LogP contribution is -2.41. The maximum absolute atomic E-state index is 12.9. The molecule has 22 heavy (non-hydrogen) atoms. The molecule has 1 saturated carbocycles. The van der Waals surface area contributed by atoms with Crippen molar-refractivity contribution < 1.29 is 4.79 Å². The van der Waals surface area contributed by atoms with Crippen LogP contribution in [0.2, 0.25) is 0 Å². The van der Waals surface area contributed by atoms with Crippen LogP contribution in [-0.2, 0) is 4.79 Å². The summed E-state index contributed by atoms with van der Waals surface area (Å²) in [5.41, 5.74) is 1.24. The summed E-state index contributed by atoms with van der Waals surface area (Å²) in [4.78, 5) is 15.0. The Morgan fingerprint density at radius 2 is 2.00 bits per heavy atom. The lowest BCUT2D eigenvalue weighted by molar-refractivity contribution is -0.135. The van der Waals surface area contributed by atoms with Crippen LogP contribution in [0.4, 0.5) is 0 Å². The normalized spacial score (nSPS) is 23.0. The number of nitrogens with one attached hydrogen (secondary N) is 1. The van der Waals surface area contributed by atoms with Gasteiger partial charge in [-0.3, -0.25) is 4.79 Å². The minimum Gasteiger partial charge on any atom is -0.336 e. The Labute approximate surface area is 134 Å². The first-order valence-electron chi connectivity index (χ1n) is 8.82. The topological polar surface area (TPSA) is 32.3 Å². The molecule has 2 atom stereocenters. The SMILES string of the molecule is CC(c1ccccc1)N(CC1CCC1)C(=O)CC1CCCN1. The molecule has 3 nitrogen and oxygen atoms in total. The van der Waals surface area contributed by atoms with Gasteiger partial charge < -0.3 is 10.2 Å². The van der Waals surface area contributed by atoms with Gasteiger partial charge in [-0.25, -0.2) is 0 Å². The minimum absolute atomic E-state index is 0.177. The first-order chi connectivity index (χ1) is 10.7. The van der Waals surface area contributed by atoms with Gasteiger partial charge in [0, 0.05) is 19.0 Å². The molecule has 1 saturated heterocycles. The van der Waals surface area contributed by atoms with E-state index < -0.39 is 0 Å². The first-order valence-corrected chi connectivity index (χ1v) is 8.82. The minimum atomic E-state index is 0.177. The Bertz CT molecular complexity index is 477. The standard InChI is InChI=1S/C19H28N2O/c1-15(17-9-3-2-4-10-17)21(14-16-7-5-8-16)19(22)13-18-11-6-12-20-18/h2-4,9-10,15-16,18,20H,5-8,11-14H2,1H3. The molecular weight excluding hydrogens is 272 g/mol. The van der Waals surface area contributed by atoms with Gasteiger partial charge in [0.25, 0.3) is 0 Å². The van der Waals surface area contributed by atoms with Gasteiger partial charge in [-0.05, 0) is 50.6 Å². The molecule has 1 aliphatic carbocycles. The molecule has 3 rings (SSSR count). The summed E-state index contributed by atoms with van der Waals surface area (Å²) in [6, 6.07) is 11.0. The maximum Gasteiger partial charge on any atom is 0.224 e. The summed E-state index contributed by atoms with van der Waals surface area (Å²) in [5.74, 6) is 1.04. The van der Waals surface area contributed by atoms with Crippen LogP contribution in [0, 0.1) is 5.92 Å². The summed E-state index contributed by atoms with van der Waals surface area (Å²) < 4.78 is 0. The van der Waals surface area contributed by atoms with Crippen LogP contribution in [0.25, 0.3) is 0 Å². The second-order valence-corrected chi connectivity index (χ2v) is 6.93. The van der Waals surface area contributed by atoms with Crippen LogP contribution in [0.5, 0.6) is 0 Å². The highest BCUT2D eigenvalue weighted by atomic mass is 16.2. The first kappa shape index (κ1) is 15.5. The predicted molar refractivity (Wildman–Crippen MR) is 89.6 cm³/mol. The zero-order chi connectivity index (χ0) is 15.4. The van der Waals surface area contributed by atoms with Crippen LogP contribution in [0.1, 0.15) is 57.1 Å². The Morgan fingerprint density at radius 3 is 2.59 bits per heavy atom. The zero-order valence-corrected chi connectivity index (χ0v) is 13.6. The zero-order valence-electron chi connectivity index (χ0n) is 13.6. The van der Waals surface area contributed by atoms with Crippen LogP contribution >= 0.6 is 0 Å². The summed E-state index contributed by atoms with van der Waals surface area (Å²) in [7, 11) is 0. The van der Waals surface area contributed by atoms with Crippen LogP contribution in [-0.4, -0.2) is 29.9 Å². The summed E-state index contributed by atoms with van der Waals surface area (Å²) in [6.45, 7) is 4.17. The van der Waals surface area contributed by atoms with Gasteiger partial charge in [0.15, 0.2) is 0 Å². The molecule has 2 fully saturated rings. The van der Waals surface area contributed by atoms with Gasteiger partial charge in [-0.15, -0.1) is 0 Å².